The van der Waals surface area contributed by atoms with Crippen LogP contribution in [0.2, 0.25) is 0 Å². The quantitative estimate of drug-likeness (QED) is 0.272. The first-order valence-corrected chi connectivity index (χ1v) is 10.0. The summed E-state index contributed by atoms with van der Waals surface area (Å²) in [5.41, 5.74) is 12.8. The molecule has 3 rings (SSSR count). The van der Waals surface area contributed by atoms with Crippen molar-refractivity contribution in [3.8, 4) is 11.3 Å². The van der Waals surface area contributed by atoms with Gasteiger partial charge in [0, 0.05) is 23.9 Å². The Balaban J connectivity index is 0.000000224. The number of allylic oxidation sites excluding steroid dienone is 1. The summed E-state index contributed by atoms with van der Waals surface area (Å²) in [7, 11) is 0. The monoisotopic (exact) mass is 424 g/mol. The molecule has 0 aliphatic heterocycles. The van der Waals surface area contributed by atoms with Crippen molar-refractivity contribution < 1.29 is 14.4 Å². The lowest BCUT2D eigenvalue weighted by Crippen LogP contribution is -2.35. The molecule has 31 heavy (non-hydrogen) atoms. The number of hydrogen-bond donors (Lipinski definition) is 5. The van der Waals surface area contributed by atoms with Gasteiger partial charge in [0.15, 0.2) is 5.78 Å². The Morgan fingerprint density at radius 2 is 1.74 bits per heavy atom. The van der Waals surface area contributed by atoms with Gasteiger partial charge in [0.1, 0.15) is 5.70 Å². The zero-order chi connectivity index (χ0) is 22.8. The second-order valence-electron chi connectivity index (χ2n) is 7.26. The van der Waals surface area contributed by atoms with Gasteiger partial charge in [-0.05, 0) is 31.4 Å². The minimum Gasteiger partial charge on any atom is -0.393 e. The minimum absolute atomic E-state index is 0.0203. The molecule has 0 atom stereocenters. The number of ketones is 1. The fourth-order valence-electron chi connectivity index (χ4n) is 3.21. The number of nitrogens with zero attached hydrogens (tertiary/aromatic N) is 1. The van der Waals surface area contributed by atoms with Gasteiger partial charge >= 0.3 is 0 Å². The molecule has 1 saturated carbocycles. The number of Topliss-reactive ketones (excluding diaryl/α,β-unsaturated/α-hetero) is 1. The van der Waals surface area contributed by atoms with Gasteiger partial charge in [-0.15, -0.1) is 0 Å². The molecule has 0 saturated heterocycles. The van der Waals surface area contributed by atoms with E-state index in [0.717, 1.165) is 55.1 Å². The third-order valence-electron chi connectivity index (χ3n) is 5.04. The van der Waals surface area contributed by atoms with Crippen molar-refractivity contribution in [1.82, 2.24) is 15.5 Å². The Labute approximate surface area is 180 Å². The molecule has 7 N–H and O–H groups in total. The van der Waals surface area contributed by atoms with E-state index in [1.165, 1.54) is 0 Å². The van der Waals surface area contributed by atoms with Gasteiger partial charge in [-0.3, -0.25) is 19.5 Å². The van der Waals surface area contributed by atoms with Crippen molar-refractivity contribution in [2.75, 3.05) is 0 Å². The Kier molecular flexibility index (Phi) is 8.68. The second kappa shape index (κ2) is 11.4. The molecular weight excluding hydrogens is 396 g/mol. The molecule has 1 fully saturated rings. The van der Waals surface area contributed by atoms with Crippen LogP contribution in [0, 0.1) is 11.3 Å². The topological polar surface area (TPSA) is 168 Å². The smallest absolute Gasteiger partial charge is 0.266 e. The molecule has 9 heteroatoms. The molecule has 0 spiro atoms. The first kappa shape index (κ1) is 23.5. The van der Waals surface area contributed by atoms with Gasteiger partial charge in [-0.2, -0.15) is 5.10 Å². The van der Waals surface area contributed by atoms with Crippen LogP contribution in [-0.4, -0.2) is 34.0 Å². The molecular formula is C22H28N6O3. The number of aromatic amines is 1. The van der Waals surface area contributed by atoms with Crippen LogP contribution >= 0.6 is 0 Å². The summed E-state index contributed by atoms with van der Waals surface area (Å²) in [5, 5.41) is 16.3. The van der Waals surface area contributed by atoms with Gasteiger partial charge in [0.25, 0.3) is 5.91 Å². The summed E-state index contributed by atoms with van der Waals surface area (Å²) >= 11 is 0. The fourth-order valence-corrected chi connectivity index (χ4v) is 3.21. The average molecular weight is 425 g/mol. The van der Waals surface area contributed by atoms with E-state index in [4.69, 9.17) is 16.9 Å². The summed E-state index contributed by atoms with van der Waals surface area (Å²) in [4.78, 5) is 33.7. The zero-order valence-electron chi connectivity index (χ0n) is 17.5. The number of rotatable bonds is 6. The highest BCUT2D eigenvalue weighted by atomic mass is 16.2. The predicted octanol–water partition coefficient (Wildman–Crippen LogP) is 2.27. The van der Waals surface area contributed by atoms with Crippen LogP contribution in [0.4, 0.5) is 0 Å². The molecule has 1 aromatic heterocycles. The SMILES string of the molecule is CC(=O)c1ccc(-c2ccn[nH]2)cc1.N=C/C(NC(=O)C1CCCCC1)=C(\N)C(N)=O. The number of primary amides is 1. The standard InChI is InChI=1S/C11H18N4O2.C11H10N2O/c12-6-8(9(13)10(14)16)15-11(17)7-4-2-1-3-5-7;1-8(14)9-2-4-10(5-3-9)11-6-7-12-13-11/h6-7,12H,1-5,13H2,(H2,14,16)(H,15,17);2-7H,1H3,(H,12,13)/b9-8+,12-6?;. The van der Waals surface area contributed by atoms with Crippen molar-refractivity contribution in [2.45, 2.75) is 39.0 Å². The summed E-state index contributed by atoms with van der Waals surface area (Å²) in [6, 6.07) is 9.34. The Morgan fingerprint density at radius 3 is 2.23 bits per heavy atom. The highest BCUT2D eigenvalue weighted by Gasteiger charge is 2.22. The third kappa shape index (κ3) is 6.91. The van der Waals surface area contributed by atoms with Crippen LogP contribution in [0.15, 0.2) is 47.9 Å². The van der Waals surface area contributed by atoms with E-state index < -0.39 is 5.91 Å². The number of aromatic nitrogens is 2. The third-order valence-corrected chi connectivity index (χ3v) is 5.04. The van der Waals surface area contributed by atoms with Gasteiger partial charge in [-0.25, -0.2) is 0 Å². The average Bonchev–Trinajstić information content (AvgIpc) is 3.33. The number of carbonyl (C=O) groups excluding carboxylic acids is 3. The summed E-state index contributed by atoms with van der Waals surface area (Å²) < 4.78 is 0. The zero-order valence-corrected chi connectivity index (χ0v) is 17.5. The van der Waals surface area contributed by atoms with Crippen molar-refractivity contribution >= 4 is 23.8 Å². The maximum Gasteiger partial charge on any atom is 0.266 e. The lowest BCUT2D eigenvalue weighted by Gasteiger charge is -2.21. The molecule has 0 unspecified atom stereocenters. The minimum atomic E-state index is -0.840. The van der Waals surface area contributed by atoms with Crippen molar-refractivity contribution in [3.05, 3.63) is 53.5 Å². The van der Waals surface area contributed by atoms with Gasteiger partial charge in [-0.1, -0.05) is 43.5 Å². The highest BCUT2D eigenvalue weighted by molar-refractivity contribution is 5.99. The number of amides is 2. The largest absolute Gasteiger partial charge is 0.393 e. The van der Waals surface area contributed by atoms with E-state index in [1.54, 1.807) is 13.1 Å². The van der Waals surface area contributed by atoms with E-state index in [0.29, 0.717) is 0 Å². The maximum absolute atomic E-state index is 11.8. The Bertz CT molecular complexity index is 942. The summed E-state index contributed by atoms with van der Waals surface area (Å²) in [6.07, 6.45) is 7.44. The molecule has 0 bridgehead atoms. The van der Waals surface area contributed by atoms with E-state index in [2.05, 4.69) is 15.5 Å². The highest BCUT2D eigenvalue weighted by Crippen LogP contribution is 2.23. The molecule has 1 aromatic carbocycles. The van der Waals surface area contributed by atoms with Crippen molar-refractivity contribution in [3.63, 3.8) is 0 Å². The van der Waals surface area contributed by atoms with Crippen LogP contribution in [0.1, 0.15) is 49.4 Å². The molecule has 1 heterocycles. The van der Waals surface area contributed by atoms with E-state index >= 15 is 0 Å². The maximum atomic E-state index is 11.8. The molecule has 1 aliphatic carbocycles. The second-order valence-corrected chi connectivity index (χ2v) is 7.26. The number of H-pyrrole nitrogens is 1. The first-order valence-electron chi connectivity index (χ1n) is 10.0. The van der Waals surface area contributed by atoms with E-state index in [1.807, 2.05) is 30.3 Å². The summed E-state index contributed by atoms with van der Waals surface area (Å²) in [6.45, 7) is 1.56. The van der Waals surface area contributed by atoms with Crippen LogP contribution in [0.5, 0.6) is 0 Å². The van der Waals surface area contributed by atoms with Gasteiger partial charge < -0.3 is 22.2 Å². The van der Waals surface area contributed by atoms with Gasteiger partial charge in [0.05, 0.1) is 11.4 Å². The number of nitrogens with one attached hydrogen (secondary N) is 3. The predicted molar refractivity (Wildman–Crippen MR) is 118 cm³/mol. The molecule has 1 aliphatic rings. The number of hydrogen-bond acceptors (Lipinski definition) is 6. The van der Waals surface area contributed by atoms with E-state index in [-0.39, 0.29) is 29.0 Å². The summed E-state index contributed by atoms with van der Waals surface area (Å²) in [5.74, 6) is -1.000. The molecule has 2 amide bonds. The molecule has 0 radical (unpaired) electrons. The number of carbonyl (C=O) groups is 3. The van der Waals surface area contributed by atoms with Crippen LogP contribution in [-0.2, 0) is 9.59 Å². The van der Waals surface area contributed by atoms with Crippen LogP contribution < -0.4 is 16.8 Å². The first-order chi connectivity index (χ1) is 14.8. The Morgan fingerprint density at radius 1 is 1.10 bits per heavy atom. The molecule has 9 nitrogen and oxygen atoms in total. The normalized spacial score (nSPS) is 14.5. The molecule has 2 aromatic rings. The van der Waals surface area contributed by atoms with Crippen LogP contribution in [0.25, 0.3) is 11.3 Å². The lowest BCUT2D eigenvalue weighted by molar-refractivity contribution is -0.125. The van der Waals surface area contributed by atoms with Crippen molar-refractivity contribution in [2.24, 2.45) is 17.4 Å². The van der Waals surface area contributed by atoms with Gasteiger partial charge in [0.2, 0.25) is 5.91 Å². The van der Waals surface area contributed by atoms with Crippen LogP contribution in [0.3, 0.4) is 0 Å². The number of benzene rings is 1. The Hall–Kier alpha value is -3.75. The number of nitrogens with two attached hydrogens (primary N) is 2. The lowest BCUT2D eigenvalue weighted by atomic mass is 9.88. The van der Waals surface area contributed by atoms with E-state index in [9.17, 15) is 14.4 Å². The fraction of sp³-hybridized carbons (Fsp3) is 0.318. The molecule has 164 valence electrons. The van der Waals surface area contributed by atoms with Crippen molar-refractivity contribution in [1.29, 1.82) is 5.41 Å².